The molecule has 0 saturated heterocycles. The minimum Gasteiger partial charge on any atom is -0.382 e. The van der Waals surface area contributed by atoms with Crippen molar-refractivity contribution in [3.8, 4) is 11.1 Å². The summed E-state index contributed by atoms with van der Waals surface area (Å²) in [7, 11) is 0. The first-order valence-electron chi connectivity index (χ1n) is 7.63. The van der Waals surface area contributed by atoms with Gasteiger partial charge in [-0.15, -0.1) is 0 Å². The highest BCUT2D eigenvalue weighted by atomic mass is 15.1. The number of aromatic nitrogens is 4. The van der Waals surface area contributed by atoms with Crippen molar-refractivity contribution in [2.24, 2.45) is 0 Å². The van der Waals surface area contributed by atoms with Crippen molar-refractivity contribution in [1.82, 2.24) is 20.2 Å². The van der Waals surface area contributed by atoms with E-state index in [1.165, 1.54) is 0 Å². The molecule has 0 aliphatic carbocycles. The minimum atomic E-state index is 0.509. The number of fused-ring (bicyclic) bond motifs is 1. The maximum Gasteiger partial charge on any atom is 0.153 e. The molecule has 0 spiro atoms. The molecule has 0 aliphatic rings. The van der Waals surface area contributed by atoms with E-state index < -0.39 is 0 Å². The Morgan fingerprint density at radius 1 is 0.958 bits per heavy atom. The summed E-state index contributed by atoms with van der Waals surface area (Å²) in [5.74, 6) is 1.31. The van der Waals surface area contributed by atoms with Crippen LogP contribution in [0.15, 0.2) is 60.9 Å². The molecule has 0 radical (unpaired) electrons. The molecule has 6 heteroatoms. The van der Waals surface area contributed by atoms with Gasteiger partial charge >= 0.3 is 0 Å². The highest BCUT2D eigenvalue weighted by Gasteiger charge is 2.06. The fraction of sp³-hybridized carbons (Fsp3) is 0.0556. The summed E-state index contributed by atoms with van der Waals surface area (Å²) >= 11 is 0. The van der Waals surface area contributed by atoms with Crippen LogP contribution in [-0.2, 0) is 6.54 Å². The van der Waals surface area contributed by atoms with Crippen LogP contribution < -0.4 is 11.1 Å². The number of aromatic amines is 1. The number of hydrogen-bond acceptors (Lipinski definition) is 5. The van der Waals surface area contributed by atoms with E-state index in [0.717, 1.165) is 33.5 Å². The molecule has 0 aliphatic heterocycles. The molecule has 4 aromatic rings. The van der Waals surface area contributed by atoms with Gasteiger partial charge in [0.2, 0.25) is 0 Å². The Morgan fingerprint density at radius 3 is 2.75 bits per heavy atom. The van der Waals surface area contributed by atoms with E-state index in [-0.39, 0.29) is 0 Å². The smallest absolute Gasteiger partial charge is 0.153 e. The van der Waals surface area contributed by atoms with E-state index in [0.29, 0.717) is 12.4 Å². The van der Waals surface area contributed by atoms with Crippen LogP contribution in [0.25, 0.3) is 22.0 Å². The maximum absolute atomic E-state index is 5.89. The quantitative estimate of drug-likeness (QED) is 0.537. The van der Waals surface area contributed by atoms with Gasteiger partial charge in [-0.3, -0.25) is 10.1 Å². The topological polar surface area (TPSA) is 92.5 Å². The van der Waals surface area contributed by atoms with Crippen molar-refractivity contribution >= 4 is 22.5 Å². The van der Waals surface area contributed by atoms with Gasteiger partial charge in [0.05, 0.1) is 17.8 Å². The molecule has 0 unspecified atom stereocenters. The third kappa shape index (κ3) is 2.77. The van der Waals surface area contributed by atoms with E-state index >= 15 is 0 Å². The summed E-state index contributed by atoms with van der Waals surface area (Å²) < 4.78 is 0. The first-order valence-corrected chi connectivity index (χ1v) is 7.63. The molecule has 3 heterocycles. The van der Waals surface area contributed by atoms with Crippen molar-refractivity contribution in [3.05, 3.63) is 66.6 Å². The summed E-state index contributed by atoms with van der Waals surface area (Å²) in [4.78, 5) is 8.67. The fourth-order valence-electron chi connectivity index (χ4n) is 2.60. The lowest BCUT2D eigenvalue weighted by molar-refractivity contribution is 1.03. The van der Waals surface area contributed by atoms with Gasteiger partial charge in [-0.05, 0) is 47.5 Å². The third-order valence-electron chi connectivity index (χ3n) is 3.86. The molecular formula is C18H16N6. The summed E-state index contributed by atoms with van der Waals surface area (Å²) in [5.41, 5.74) is 9.92. The average Bonchev–Trinajstić information content (AvgIpc) is 3.02. The number of pyridine rings is 2. The van der Waals surface area contributed by atoms with Gasteiger partial charge in [0.15, 0.2) is 5.82 Å². The van der Waals surface area contributed by atoms with Gasteiger partial charge < -0.3 is 11.1 Å². The van der Waals surface area contributed by atoms with Crippen LogP contribution >= 0.6 is 0 Å². The molecule has 4 N–H and O–H groups in total. The van der Waals surface area contributed by atoms with E-state index in [9.17, 15) is 0 Å². The number of benzene rings is 1. The molecule has 24 heavy (non-hydrogen) atoms. The molecule has 118 valence electrons. The van der Waals surface area contributed by atoms with Gasteiger partial charge in [-0.2, -0.15) is 5.10 Å². The second kappa shape index (κ2) is 6.00. The van der Waals surface area contributed by atoms with Gasteiger partial charge in [0.1, 0.15) is 5.82 Å². The Morgan fingerprint density at radius 2 is 1.88 bits per heavy atom. The number of nitrogens with zero attached hydrogens (tertiary/aromatic N) is 3. The second-order valence-electron chi connectivity index (χ2n) is 5.47. The zero-order valence-corrected chi connectivity index (χ0v) is 12.9. The normalized spacial score (nSPS) is 10.8. The Kier molecular flexibility index (Phi) is 3.55. The number of nitrogen functional groups attached to an aromatic ring is 1. The lowest BCUT2D eigenvalue weighted by atomic mass is 10.0. The fourth-order valence-corrected chi connectivity index (χ4v) is 2.60. The largest absolute Gasteiger partial charge is 0.382 e. The zero-order chi connectivity index (χ0) is 16.4. The van der Waals surface area contributed by atoms with Crippen molar-refractivity contribution in [2.75, 3.05) is 11.1 Å². The first-order chi connectivity index (χ1) is 11.8. The Labute approximate surface area is 138 Å². The van der Waals surface area contributed by atoms with E-state index in [4.69, 9.17) is 5.73 Å². The van der Waals surface area contributed by atoms with Gasteiger partial charge in [0.25, 0.3) is 0 Å². The summed E-state index contributed by atoms with van der Waals surface area (Å²) in [6.45, 7) is 0.630. The molecule has 3 aromatic heterocycles. The summed E-state index contributed by atoms with van der Waals surface area (Å²) in [5, 5.41) is 11.2. The number of nitrogens with two attached hydrogens (primary N) is 1. The Bertz CT molecular complexity index is 977. The van der Waals surface area contributed by atoms with Crippen LogP contribution in [0, 0.1) is 0 Å². The SMILES string of the molecule is Nc1n[nH]c2ccc(-c3ccnc(NCc4ccccn4)c3)cc12. The van der Waals surface area contributed by atoms with Crippen LogP contribution in [0.4, 0.5) is 11.6 Å². The van der Waals surface area contributed by atoms with Gasteiger partial charge in [-0.1, -0.05) is 12.1 Å². The molecule has 0 atom stereocenters. The zero-order valence-electron chi connectivity index (χ0n) is 12.9. The number of nitrogens with one attached hydrogen (secondary N) is 2. The van der Waals surface area contributed by atoms with Crippen molar-refractivity contribution < 1.29 is 0 Å². The van der Waals surface area contributed by atoms with E-state index in [1.807, 2.05) is 48.5 Å². The molecule has 4 rings (SSSR count). The third-order valence-corrected chi connectivity index (χ3v) is 3.86. The number of anilines is 2. The van der Waals surface area contributed by atoms with Crippen LogP contribution in [-0.4, -0.2) is 20.2 Å². The summed E-state index contributed by atoms with van der Waals surface area (Å²) in [6, 6.07) is 15.9. The highest BCUT2D eigenvalue weighted by molar-refractivity contribution is 5.92. The summed E-state index contributed by atoms with van der Waals surface area (Å²) in [6.07, 6.45) is 3.57. The van der Waals surface area contributed by atoms with Crippen molar-refractivity contribution in [2.45, 2.75) is 6.54 Å². The standard InChI is InChI=1S/C18H16N6/c19-18-15-9-12(4-5-16(15)23-24-18)13-6-8-21-17(10-13)22-11-14-3-1-2-7-20-14/h1-10H,11H2,(H,21,22)(H3,19,23,24). The number of hydrogen-bond donors (Lipinski definition) is 3. The van der Waals surface area contributed by atoms with E-state index in [1.54, 1.807) is 12.4 Å². The van der Waals surface area contributed by atoms with Crippen LogP contribution in [0.5, 0.6) is 0 Å². The molecule has 0 fully saturated rings. The number of rotatable bonds is 4. The lowest BCUT2D eigenvalue weighted by Crippen LogP contribution is -2.02. The Balaban J connectivity index is 1.60. The maximum atomic E-state index is 5.89. The molecule has 0 saturated carbocycles. The van der Waals surface area contributed by atoms with Gasteiger partial charge in [-0.25, -0.2) is 4.98 Å². The molecular weight excluding hydrogens is 300 g/mol. The van der Waals surface area contributed by atoms with Crippen LogP contribution in [0.1, 0.15) is 5.69 Å². The van der Waals surface area contributed by atoms with E-state index in [2.05, 4.69) is 25.5 Å². The molecule has 6 nitrogen and oxygen atoms in total. The molecule has 1 aromatic carbocycles. The molecule has 0 bridgehead atoms. The highest BCUT2D eigenvalue weighted by Crippen LogP contribution is 2.27. The molecule has 0 amide bonds. The van der Waals surface area contributed by atoms with Crippen LogP contribution in [0.3, 0.4) is 0 Å². The van der Waals surface area contributed by atoms with Crippen LogP contribution in [0.2, 0.25) is 0 Å². The second-order valence-corrected chi connectivity index (χ2v) is 5.47. The van der Waals surface area contributed by atoms with Crippen molar-refractivity contribution in [1.29, 1.82) is 0 Å². The predicted molar refractivity (Wildman–Crippen MR) is 95.3 cm³/mol. The lowest BCUT2D eigenvalue weighted by Gasteiger charge is -2.07. The van der Waals surface area contributed by atoms with Gasteiger partial charge in [0, 0.05) is 17.8 Å². The first kappa shape index (κ1) is 14.2. The van der Waals surface area contributed by atoms with Crippen molar-refractivity contribution in [3.63, 3.8) is 0 Å². The Hall–Kier alpha value is -3.41. The monoisotopic (exact) mass is 316 g/mol. The predicted octanol–water partition coefficient (Wildman–Crippen LogP) is 3.21. The number of H-pyrrole nitrogens is 1. The minimum absolute atomic E-state index is 0.509. The average molecular weight is 316 g/mol.